The van der Waals surface area contributed by atoms with Gasteiger partial charge in [-0.2, -0.15) is 10.4 Å². The zero-order valence-electron chi connectivity index (χ0n) is 19.7. The Kier molecular flexibility index (Phi) is 5.44. The number of nitrogens with zero attached hydrogens (tertiary/aromatic N) is 7. The Labute approximate surface area is 201 Å². The Hall–Kier alpha value is -3.65. The van der Waals surface area contributed by atoms with Crippen molar-refractivity contribution in [2.24, 2.45) is 0 Å². The summed E-state index contributed by atoms with van der Waals surface area (Å²) in [4.78, 5) is 6.16. The molecule has 4 heterocycles. The van der Waals surface area contributed by atoms with Crippen molar-refractivity contribution in [1.82, 2.24) is 30.3 Å². The highest BCUT2D eigenvalue weighted by atomic mass is 19.1. The molecule has 4 atom stereocenters. The van der Waals surface area contributed by atoms with E-state index in [1.165, 1.54) is 12.3 Å². The van der Waals surface area contributed by atoms with Crippen LogP contribution >= 0.6 is 0 Å². The topological polar surface area (TPSA) is 116 Å². The van der Waals surface area contributed by atoms with Crippen molar-refractivity contribution in [1.29, 1.82) is 5.26 Å². The lowest BCUT2D eigenvalue weighted by molar-refractivity contribution is 0.00193. The minimum Gasteiger partial charge on any atom is -0.507 e. The van der Waals surface area contributed by atoms with Crippen LogP contribution in [-0.4, -0.2) is 60.4 Å². The average Bonchev–Trinajstić information content (AvgIpc) is 3.21. The molecule has 2 aliphatic heterocycles. The second kappa shape index (κ2) is 8.23. The molecule has 0 aliphatic carbocycles. The number of nitrogens with one attached hydrogen (secondary N) is 1. The van der Waals surface area contributed by atoms with E-state index in [-0.39, 0.29) is 28.8 Å². The molecule has 3 aromatic rings. The van der Waals surface area contributed by atoms with Gasteiger partial charge in [-0.15, -0.1) is 10.2 Å². The lowest BCUT2D eigenvalue weighted by Gasteiger charge is -2.56. The van der Waals surface area contributed by atoms with Gasteiger partial charge in [0.15, 0.2) is 23.2 Å². The molecule has 0 amide bonds. The van der Waals surface area contributed by atoms with Crippen LogP contribution in [0.3, 0.4) is 0 Å². The van der Waals surface area contributed by atoms with Crippen LogP contribution in [0.25, 0.3) is 17.1 Å². The number of halogens is 2. The van der Waals surface area contributed by atoms with Gasteiger partial charge in [0, 0.05) is 24.2 Å². The van der Waals surface area contributed by atoms with Crippen LogP contribution in [0.2, 0.25) is 0 Å². The molecule has 2 saturated heterocycles. The molecule has 11 heteroatoms. The third-order valence-electron chi connectivity index (χ3n) is 7.29. The highest BCUT2D eigenvalue weighted by Gasteiger charge is 2.53. The first-order valence-electron chi connectivity index (χ1n) is 11.5. The SMILES string of the molecule is CN(c1cnc(-c2ccc(-n3cc(F)c(C#N)n3)cc2O)nn1)[C@H]1C[C@]2(C)CCC[C@@](C)(N2)[C@H]1F. The van der Waals surface area contributed by atoms with Crippen LogP contribution < -0.4 is 10.2 Å². The van der Waals surface area contributed by atoms with Crippen molar-refractivity contribution in [2.75, 3.05) is 11.9 Å². The standard InChI is InChI=1S/C24H26F2N8O/c1-23-7-4-8-24(2,32-23)21(26)18(10-23)33(3)20-12-28-22(30-29-20)15-6-5-14(9-19(15)35)34-13-16(25)17(11-27)31-34/h5-6,9,12-13,18,21,32,35H,4,7-8,10H2,1-3H3/t18-,21-,23-,24+/m0/s1. The summed E-state index contributed by atoms with van der Waals surface area (Å²) in [5.74, 6) is -0.274. The number of fused-ring (bicyclic) bond motifs is 2. The van der Waals surface area contributed by atoms with Gasteiger partial charge in [0.2, 0.25) is 0 Å². The number of hydrogen-bond donors (Lipinski definition) is 2. The molecular weight excluding hydrogens is 454 g/mol. The van der Waals surface area contributed by atoms with Gasteiger partial charge < -0.3 is 15.3 Å². The van der Waals surface area contributed by atoms with Gasteiger partial charge in [-0.25, -0.2) is 18.4 Å². The van der Waals surface area contributed by atoms with Gasteiger partial charge in [0.25, 0.3) is 0 Å². The minimum atomic E-state index is -1.08. The molecule has 2 aromatic heterocycles. The third kappa shape index (κ3) is 3.97. The molecule has 5 rings (SSSR count). The smallest absolute Gasteiger partial charge is 0.198 e. The summed E-state index contributed by atoms with van der Waals surface area (Å²) in [6.45, 7) is 4.10. The Morgan fingerprint density at radius 2 is 2.09 bits per heavy atom. The fourth-order valence-electron chi connectivity index (χ4n) is 5.48. The summed E-state index contributed by atoms with van der Waals surface area (Å²) in [6, 6.07) is 5.82. The number of nitriles is 1. The second-order valence-electron chi connectivity index (χ2n) is 9.96. The number of piperidine rings is 2. The number of hydrogen-bond acceptors (Lipinski definition) is 8. The first kappa shape index (κ1) is 23.1. The highest BCUT2D eigenvalue weighted by molar-refractivity contribution is 5.66. The fourth-order valence-corrected chi connectivity index (χ4v) is 5.48. The van der Waals surface area contributed by atoms with Crippen LogP contribution in [0, 0.1) is 17.1 Å². The van der Waals surface area contributed by atoms with Crippen molar-refractivity contribution in [3.63, 3.8) is 0 Å². The summed E-state index contributed by atoms with van der Waals surface area (Å²) >= 11 is 0. The van der Waals surface area contributed by atoms with Crippen molar-refractivity contribution in [3.8, 4) is 28.9 Å². The number of benzene rings is 1. The molecule has 0 unspecified atom stereocenters. The lowest BCUT2D eigenvalue weighted by Crippen LogP contribution is -2.72. The van der Waals surface area contributed by atoms with E-state index < -0.39 is 17.5 Å². The van der Waals surface area contributed by atoms with Gasteiger partial charge in [0.05, 0.1) is 29.7 Å². The largest absolute Gasteiger partial charge is 0.507 e. The molecule has 2 fully saturated rings. The van der Waals surface area contributed by atoms with E-state index in [0.29, 0.717) is 23.5 Å². The Balaban J connectivity index is 1.37. The summed E-state index contributed by atoms with van der Waals surface area (Å²) in [5.41, 5.74) is -0.360. The number of aromatic nitrogens is 5. The van der Waals surface area contributed by atoms with E-state index in [9.17, 15) is 9.50 Å². The third-order valence-corrected chi connectivity index (χ3v) is 7.29. The van der Waals surface area contributed by atoms with Crippen molar-refractivity contribution < 1.29 is 13.9 Å². The summed E-state index contributed by atoms with van der Waals surface area (Å²) in [5, 5.41) is 35.2. The van der Waals surface area contributed by atoms with Crippen LogP contribution in [-0.2, 0) is 0 Å². The Morgan fingerprint density at radius 1 is 1.29 bits per heavy atom. The predicted molar refractivity (Wildman–Crippen MR) is 124 cm³/mol. The average molecular weight is 481 g/mol. The minimum absolute atomic E-state index is 0.131. The van der Waals surface area contributed by atoms with Gasteiger partial charge in [0.1, 0.15) is 18.0 Å². The monoisotopic (exact) mass is 480 g/mol. The van der Waals surface area contributed by atoms with Crippen LogP contribution in [0.5, 0.6) is 5.75 Å². The maximum atomic E-state index is 15.6. The molecule has 2 bridgehead atoms. The molecule has 9 nitrogen and oxygen atoms in total. The molecular formula is C24H26F2N8O. The van der Waals surface area contributed by atoms with E-state index >= 15 is 4.39 Å². The lowest BCUT2D eigenvalue weighted by atomic mass is 9.68. The number of anilines is 1. The molecule has 182 valence electrons. The van der Waals surface area contributed by atoms with Crippen molar-refractivity contribution >= 4 is 5.82 Å². The molecule has 1 aromatic carbocycles. The fraction of sp³-hybridized carbons (Fsp3) is 0.458. The zero-order chi connectivity index (χ0) is 25.0. The Morgan fingerprint density at radius 3 is 2.74 bits per heavy atom. The van der Waals surface area contributed by atoms with Gasteiger partial charge in [-0.05, 0) is 51.7 Å². The second-order valence-corrected chi connectivity index (χ2v) is 9.96. The molecule has 0 radical (unpaired) electrons. The summed E-state index contributed by atoms with van der Waals surface area (Å²) in [6.07, 6.45) is 4.94. The molecule has 2 aliphatic rings. The first-order valence-corrected chi connectivity index (χ1v) is 11.5. The van der Waals surface area contributed by atoms with Crippen molar-refractivity contribution in [2.45, 2.75) is 62.8 Å². The van der Waals surface area contributed by atoms with Crippen LogP contribution in [0.15, 0.2) is 30.6 Å². The quantitative estimate of drug-likeness (QED) is 0.585. The van der Waals surface area contributed by atoms with Gasteiger partial charge in [-0.1, -0.05) is 0 Å². The first-order chi connectivity index (χ1) is 16.6. The number of phenols is 1. The molecule has 0 saturated carbocycles. The number of phenolic OH excluding ortho intramolecular Hbond substituents is 1. The van der Waals surface area contributed by atoms with Gasteiger partial charge >= 0.3 is 0 Å². The number of rotatable bonds is 4. The normalized spacial score (nSPS) is 27.9. The van der Waals surface area contributed by atoms with E-state index in [4.69, 9.17) is 5.26 Å². The maximum Gasteiger partial charge on any atom is 0.198 e. The molecule has 0 spiro atoms. The maximum absolute atomic E-state index is 15.6. The van der Waals surface area contributed by atoms with Crippen molar-refractivity contribution in [3.05, 3.63) is 42.1 Å². The predicted octanol–water partition coefficient (Wildman–Crippen LogP) is 3.28. The number of aromatic hydroxyl groups is 1. The highest BCUT2D eigenvalue weighted by Crippen LogP contribution is 2.43. The van der Waals surface area contributed by atoms with Crippen LogP contribution in [0.4, 0.5) is 14.6 Å². The van der Waals surface area contributed by atoms with E-state index in [1.807, 2.05) is 6.92 Å². The molecule has 2 N–H and O–H groups in total. The van der Waals surface area contributed by atoms with E-state index in [2.05, 4.69) is 32.5 Å². The zero-order valence-corrected chi connectivity index (χ0v) is 19.7. The summed E-state index contributed by atoms with van der Waals surface area (Å²) < 4.78 is 30.4. The summed E-state index contributed by atoms with van der Waals surface area (Å²) in [7, 11) is 1.81. The van der Waals surface area contributed by atoms with Crippen LogP contribution in [0.1, 0.15) is 45.2 Å². The van der Waals surface area contributed by atoms with E-state index in [1.54, 1.807) is 30.1 Å². The molecule has 35 heavy (non-hydrogen) atoms. The Bertz CT molecular complexity index is 1310. The van der Waals surface area contributed by atoms with Gasteiger partial charge in [-0.3, -0.25) is 0 Å². The van der Waals surface area contributed by atoms with E-state index in [0.717, 1.165) is 30.1 Å². The number of alkyl halides is 1.